The molecule has 0 radical (unpaired) electrons. The molecule has 0 aromatic heterocycles. The van der Waals surface area contributed by atoms with Crippen LogP contribution in [0, 0.1) is 10.1 Å². The van der Waals surface area contributed by atoms with Crippen molar-refractivity contribution >= 4 is 11.6 Å². The molecule has 0 aromatic carbocycles. The Morgan fingerprint density at radius 2 is 0.933 bits per heavy atom. The molecule has 0 unspecified atom stereocenters. The summed E-state index contributed by atoms with van der Waals surface area (Å²) in [5.74, 6) is -12.9. The van der Waals surface area contributed by atoms with Crippen LogP contribution in [0.25, 0.3) is 0 Å². The molecule has 82 valence electrons. The molecule has 0 aromatic rings. The number of hydrogen-bond donors (Lipinski definition) is 1. The Labute approximate surface area is 78.6 Å². The summed E-state index contributed by atoms with van der Waals surface area (Å²) in [6.45, 7) is 0. The maximum Gasteiger partial charge on any atom is 0.256 e. The number of Topliss-reactive ketones (excluding diaryl/α,β-unsaturated/α-hetero) is 2. The van der Waals surface area contributed by atoms with Gasteiger partial charge in [0.1, 0.15) is 0 Å². The van der Waals surface area contributed by atoms with Gasteiger partial charge in [0.2, 0.25) is 23.3 Å². The molecule has 0 fully saturated rings. The van der Waals surface area contributed by atoms with Crippen LogP contribution < -0.4 is 5.34 Å². The van der Waals surface area contributed by atoms with Gasteiger partial charge in [0.25, 0.3) is 11.6 Å². The lowest BCUT2D eigenvalue weighted by molar-refractivity contribution is -0.398. The third-order valence-electron chi connectivity index (χ3n) is 1.18. The van der Waals surface area contributed by atoms with Gasteiger partial charge >= 0.3 is 0 Å². The number of carbonyl (C=O) groups is 2. The first-order chi connectivity index (χ1) is 6.88. The van der Waals surface area contributed by atoms with Crippen molar-refractivity contribution in [3.63, 3.8) is 0 Å². The molecular weight excluding hydrogens is 226 g/mol. The maximum absolute atomic E-state index is 12.1. The normalized spacial score (nSPS) is 16.3. The number of rotatable bonds is 0. The molecular formula is C6HF4NO4. The summed E-state index contributed by atoms with van der Waals surface area (Å²) in [4.78, 5) is 28.5. The predicted molar refractivity (Wildman–Crippen MR) is 36.2 cm³/mol. The molecule has 0 aliphatic heterocycles. The van der Waals surface area contributed by atoms with E-state index in [4.69, 9.17) is 10.1 Å². The molecule has 0 bridgehead atoms. The summed E-state index contributed by atoms with van der Waals surface area (Å²) < 4.78 is 48.6. The molecule has 5 nitrogen and oxygen atoms in total. The zero-order valence-corrected chi connectivity index (χ0v) is 6.64. The van der Waals surface area contributed by atoms with Gasteiger partial charge in [0.05, 0.1) is 0 Å². The Morgan fingerprint density at radius 3 is 1.07 bits per heavy atom. The second-order valence-corrected chi connectivity index (χ2v) is 2.00. The lowest BCUT2D eigenvalue weighted by Crippen LogP contribution is -2.53. The van der Waals surface area contributed by atoms with Crippen molar-refractivity contribution in [2.45, 2.75) is 0 Å². The molecule has 15 heavy (non-hydrogen) atoms. The van der Waals surface area contributed by atoms with E-state index in [2.05, 4.69) is 0 Å². The second kappa shape index (κ2) is 4.98. The van der Waals surface area contributed by atoms with Crippen LogP contribution >= 0.6 is 0 Å². The monoisotopic (exact) mass is 227 g/mol. The van der Waals surface area contributed by atoms with Crippen LogP contribution in [-0.4, -0.2) is 11.6 Å². The molecule has 1 aliphatic carbocycles. The average Bonchev–Trinajstić information content (AvgIpc) is 2.22. The Bertz CT molecular complexity index is 325. The Kier molecular flexibility index (Phi) is 4.30. The highest BCUT2D eigenvalue weighted by molar-refractivity contribution is 6.21. The number of nitrogens with one attached hydrogen (secondary N) is 1. The highest BCUT2D eigenvalue weighted by Gasteiger charge is 2.36. The molecule has 1 rings (SSSR count). The smallest absolute Gasteiger partial charge is 0.256 e. The van der Waals surface area contributed by atoms with Crippen molar-refractivity contribution in [3.8, 4) is 0 Å². The zero-order valence-electron chi connectivity index (χ0n) is 6.64. The molecule has 0 amide bonds. The topological polar surface area (TPSA) is 88.2 Å². The Morgan fingerprint density at radius 1 is 0.800 bits per heavy atom. The second-order valence-electron chi connectivity index (χ2n) is 2.00. The third kappa shape index (κ3) is 2.45. The quantitative estimate of drug-likeness (QED) is 0.268. The summed E-state index contributed by atoms with van der Waals surface area (Å²) in [5.41, 5.74) is 0. The van der Waals surface area contributed by atoms with E-state index in [0.717, 1.165) is 0 Å². The zero-order chi connectivity index (χ0) is 12.2. The number of hydrogen-bond acceptors (Lipinski definition) is 4. The number of ketones is 2. The largest absolute Gasteiger partial charge is 0.283 e. The number of allylic oxidation sites excluding steroid dienone is 4. The van der Waals surface area contributed by atoms with Gasteiger partial charge in [-0.1, -0.05) is 0 Å². The van der Waals surface area contributed by atoms with Crippen LogP contribution in [-0.2, 0) is 9.59 Å². The molecule has 9 heteroatoms. The van der Waals surface area contributed by atoms with Gasteiger partial charge in [-0.2, -0.15) is 17.6 Å². The lowest BCUT2D eigenvalue weighted by Gasteiger charge is -2.03. The van der Waals surface area contributed by atoms with Crippen molar-refractivity contribution in [2.24, 2.45) is 0 Å². The fraction of sp³-hybridized carbons (Fsp3) is 0. The Hall–Kier alpha value is -2.06. The van der Waals surface area contributed by atoms with E-state index in [1.54, 1.807) is 0 Å². The highest BCUT2D eigenvalue weighted by Crippen LogP contribution is 2.27. The first-order valence-electron chi connectivity index (χ1n) is 3.07. The van der Waals surface area contributed by atoms with E-state index < -0.39 is 34.9 Å². The molecule has 0 atom stereocenters. The fourth-order valence-corrected chi connectivity index (χ4v) is 0.591. The summed E-state index contributed by atoms with van der Waals surface area (Å²) in [5, 5.41) is 8.38. The minimum atomic E-state index is -2.20. The molecule has 0 saturated carbocycles. The van der Waals surface area contributed by atoms with E-state index >= 15 is 0 Å². The van der Waals surface area contributed by atoms with Crippen molar-refractivity contribution in [2.75, 3.05) is 0 Å². The van der Waals surface area contributed by atoms with Crippen LogP contribution in [0.5, 0.6) is 0 Å². The van der Waals surface area contributed by atoms with Crippen molar-refractivity contribution < 1.29 is 32.5 Å². The Balaban J connectivity index is 0.000000583. The molecule has 1 N–H and O–H groups in total. The number of halogens is 4. The summed E-state index contributed by atoms with van der Waals surface area (Å²) >= 11 is 0. The van der Waals surface area contributed by atoms with E-state index in [1.807, 2.05) is 0 Å². The average molecular weight is 227 g/mol. The van der Waals surface area contributed by atoms with Crippen LogP contribution in [0.2, 0.25) is 0 Å². The van der Waals surface area contributed by atoms with Gasteiger partial charge in [-0.25, -0.2) is 0 Å². The van der Waals surface area contributed by atoms with Crippen LogP contribution in [0.4, 0.5) is 17.6 Å². The summed E-state index contributed by atoms with van der Waals surface area (Å²) in [6.07, 6.45) is 0. The molecule has 1 aliphatic rings. The van der Waals surface area contributed by atoms with Gasteiger partial charge in [-0.15, -0.1) is 0 Å². The third-order valence-corrected chi connectivity index (χ3v) is 1.18. The van der Waals surface area contributed by atoms with Gasteiger partial charge in [0.15, 0.2) is 0 Å². The van der Waals surface area contributed by atoms with Gasteiger partial charge in [-0.3, -0.25) is 19.7 Å². The van der Waals surface area contributed by atoms with Crippen molar-refractivity contribution in [3.05, 3.63) is 33.4 Å². The number of carbonyl (C=O) groups excluding carboxylic acids is 2. The van der Waals surface area contributed by atoms with Crippen LogP contribution in [0.3, 0.4) is 0 Å². The SMILES string of the molecule is O=C1C(F)=C(F)C(=O)C(F)=C1F.O=[NH+][O-]. The van der Waals surface area contributed by atoms with Crippen LogP contribution in [0.1, 0.15) is 0 Å². The van der Waals surface area contributed by atoms with E-state index in [1.165, 1.54) is 0 Å². The van der Waals surface area contributed by atoms with Crippen molar-refractivity contribution in [1.82, 2.24) is 0 Å². The molecule has 0 spiro atoms. The fourth-order valence-electron chi connectivity index (χ4n) is 0.591. The van der Waals surface area contributed by atoms with Gasteiger partial charge < -0.3 is 0 Å². The molecule has 0 saturated heterocycles. The highest BCUT2D eigenvalue weighted by atomic mass is 19.2. The standard InChI is InChI=1S/C6F4O2.HNO2/c7-1-2(8)6(12)4(10)3(9)5(1)11;2-1-3/h;1H. The molecule has 0 heterocycles. The van der Waals surface area contributed by atoms with E-state index in [9.17, 15) is 27.2 Å². The van der Waals surface area contributed by atoms with Gasteiger partial charge in [0, 0.05) is 5.34 Å². The predicted octanol–water partition coefficient (Wildman–Crippen LogP) is -0.229. The lowest BCUT2D eigenvalue weighted by atomic mass is 10.1. The summed E-state index contributed by atoms with van der Waals surface area (Å²) in [6, 6.07) is 0. The maximum atomic E-state index is 12.1. The van der Waals surface area contributed by atoms with Crippen LogP contribution in [0.15, 0.2) is 23.3 Å². The van der Waals surface area contributed by atoms with E-state index in [-0.39, 0.29) is 5.34 Å². The minimum Gasteiger partial charge on any atom is -0.283 e. The summed E-state index contributed by atoms with van der Waals surface area (Å²) in [7, 11) is 0. The van der Waals surface area contributed by atoms with Gasteiger partial charge in [-0.05, 0) is 0 Å². The minimum absolute atomic E-state index is 0.250. The first kappa shape index (κ1) is 12.9. The van der Waals surface area contributed by atoms with E-state index in [0.29, 0.717) is 0 Å². The first-order valence-corrected chi connectivity index (χ1v) is 3.07. The van der Waals surface area contributed by atoms with Crippen molar-refractivity contribution in [1.29, 1.82) is 0 Å².